The molecule has 0 bridgehead atoms. The molecule has 1 fully saturated rings. The van der Waals surface area contributed by atoms with Crippen molar-refractivity contribution in [1.82, 2.24) is 9.62 Å². The van der Waals surface area contributed by atoms with E-state index in [2.05, 4.69) is 5.32 Å². The predicted octanol–water partition coefficient (Wildman–Crippen LogP) is -0.279. The van der Waals surface area contributed by atoms with Gasteiger partial charge < -0.3 is 10.4 Å². The van der Waals surface area contributed by atoms with Gasteiger partial charge >= 0.3 is 5.97 Å². The fourth-order valence-corrected chi connectivity index (χ4v) is 2.87. The molecular formula is C10H20N2O4S. The van der Waals surface area contributed by atoms with Crippen molar-refractivity contribution in [3.8, 4) is 0 Å². The second kappa shape index (κ2) is 5.79. The lowest BCUT2D eigenvalue weighted by Crippen LogP contribution is -2.44. The number of aliphatic carboxylic acids is 1. The zero-order chi connectivity index (χ0) is 13.1. The van der Waals surface area contributed by atoms with Crippen molar-refractivity contribution >= 4 is 16.0 Å². The second-order valence-electron chi connectivity index (χ2n) is 4.60. The fraction of sp³-hybridized carbons (Fsp3) is 0.900. The normalized spacial score (nSPS) is 24.5. The van der Waals surface area contributed by atoms with Gasteiger partial charge in [0.15, 0.2) is 0 Å². The summed E-state index contributed by atoms with van der Waals surface area (Å²) in [6.45, 7) is 3.18. The van der Waals surface area contributed by atoms with E-state index in [4.69, 9.17) is 5.11 Å². The molecule has 1 aliphatic heterocycles. The van der Waals surface area contributed by atoms with Crippen molar-refractivity contribution in [2.75, 3.05) is 25.9 Å². The minimum Gasteiger partial charge on any atom is -0.480 e. The molecule has 0 aromatic rings. The Labute approximate surface area is 102 Å². The van der Waals surface area contributed by atoms with E-state index in [1.807, 2.05) is 0 Å². The van der Waals surface area contributed by atoms with E-state index in [0.29, 0.717) is 19.6 Å². The van der Waals surface area contributed by atoms with Crippen LogP contribution in [0.5, 0.6) is 0 Å². The zero-order valence-corrected chi connectivity index (χ0v) is 11.0. The molecule has 100 valence electrons. The van der Waals surface area contributed by atoms with E-state index >= 15 is 0 Å². The molecule has 17 heavy (non-hydrogen) atoms. The number of hydrogen-bond acceptors (Lipinski definition) is 4. The molecule has 2 atom stereocenters. The molecule has 1 heterocycles. The lowest BCUT2D eigenvalue weighted by Gasteiger charge is -2.31. The summed E-state index contributed by atoms with van der Waals surface area (Å²) in [6.07, 6.45) is 2.98. The molecule has 7 heteroatoms. The minimum atomic E-state index is -3.12. The van der Waals surface area contributed by atoms with Gasteiger partial charge in [0.25, 0.3) is 0 Å². The topological polar surface area (TPSA) is 86.7 Å². The third-order valence-electron chi connectivity index (χ3n) is 3.03. The van der Waals surface area contributed by atoms with Crippen LogP contribution in [0.15, 0.2) is 0 Å². The van der Waals surface area contributed by atoms with Crippen LogP contribution < -0.4 is 5.32 Å². The van der Waals surface area contributed by atoms with Gasteiger partial charge in [0.1, 0.15) is 6.04 Å². The summed E-state index contributed by atoms with van der Waals surface area (Å²) in [4.78, 5) is 10.6. The second-order valence-corrected chi connectivity index (χ2v) is 6.58. The Morgan fingerprint density at radius 2 is 2.24 bits per heavy atom. The number of sulfonamides is 1. The van der Waals surface area contributed by atoms with Gasteiger partial charge in [-0.1, -0.05) is 0 Å². The van der Waals surface area contributed by atoms with Gasteiger partial charge in [0.05, 0.1) is 6.26 Å². The van der Waals surface area contributed by atoms with Gasteiger partial charge in [-0.2, -0.15) is 0 Å². The largest absolute Gasteiger partial charge is 0.480 e. The Hall–Kier alpha value is -0.660. The number of carboxylic acid groups (broad SMARTS) is 1. The Balaban J connectivity index is 2.43. The SMILES string of the molecule is CC(NCC1CCCN(S(C)(=O)=O)C1)C(=O)O. The quantitative estimate of drug-likeness (QED) is 0.713. The molecular weight excluding hydrogens is 244 g/mol. The number of piperidine rings is 1. The first-order valence-corrected chi connectivity index (χ1v) is 7.57. The molecule has 0 aliphatic carbocycles. The van der Waals surface area contributed by atoms with Gasteiger partial charge in [-0.05, 0) is 25.7 Å². The predicted molar refractivity (Wildman–Crippen MR) is 64.2 cm³/mol. The molecule has 1 rings (SSSR count). The number of nitrogens with one attached hydrogen (secondary N) is 1. The molecule has 0 amide bonds. The van der Waals surface area contributed by atoms with Crippen molar-refractivity contribution in [3.05, 3.63) is 0 Å². The third kappa shape index (κ3) is 4.61. The maximum absolute atomic E-state index is 11.4. The van der Waals surface area contributed by atoms with E-state index in [9.17, 15) is 13.2 Å². The highest BCUT2D eigenvalue weighted by atomic mass is 32.2. The van der Waals surface area contributed by atoms with Crippen LogP contribution in [0.25, 0.3) is 0 Å². The number of rotatable bonds is 5. The van der Waals surface area contributed by atoms with E-state index in [1.54, 1.807) is 6.92 Å². The average molecular weight is 264 g/mol. The highest BCUT2D eigenvalue weighted by Crippen LogP contribution is 2.17. The Morgan fingerprint density at radius 1 is 1.59 bits per heavy atom. The van der Waals surface area contributed by atoms with Gasteiger partial charge in [-0.25, -0.2) is 12.7 Å². The summed E-state index contributed by atoms with van der Waals surface area (Å²) in [5, 5.41) is 11.6. The van der Waals surface area contributed by atoms with Crippen molar-refractivity contribution < 1.29 is 18.3 Å². The molecule has 2 unspecified atom stereocenters. The highest BCUT2D eigenvalue weighted by Gasteiger charge is 2.26. The Bertz CT molecular complexity index is 369. The van der Waals surface area contributed by atoms with Crippen LogP contribution in [0.4, 0.5) is 0 Å². The van der Waals surface area contributed by atoms with Crippen LogP contribution in [0.1, 0.15) is 19.8 Å². The van der Waals surface area contributed by atoms with Crippen LogP contribution in [0, 0.1) is 5.92 Å². The minimum absolute atomic E-state index is 0.195. The van der Waals surface area contributed by atoms with Gasteiger partial charge in [0, 0.05) is 19.6 Å². The summed E-state index contributed by atoms with van der Waals surface area (Å²) in [7, 11) is -3.12. The molecule has 0 spiro atoms. The van der Waals surface area contributed by atoms with Crippen molar-refractivity contribution in [1.29, 1.82) is 0 Å². The van der Waals surface area contributed by atoms with Crippen LogP contribution in [-0.2, 0) is 14.8 Å². The third-order valence-corrected chi connectivity index (χ3v) is 4.30. The van der Waals surface area contributed by atoms with Crippen LogP contribution in [0.2, 0.25) is 0 Å². The lowest BCUT2D eigenvalue weighted by molar-refractivity contribution is -0.139. The van der Waals surface area contributed by atoms with E-state index in [1.165, 1.54) is 10.6 Å². The van der Waals surface area contributed by atoms with Crippen molar-refractivity contribution in [2.24, 2.45) is 5.92 Å². The molecule has 0 aromatic heterocycles. The first-order chi connectivity index (χ1) is 7.80. The highest BCUT2D eigenvalue weighted by molar-refractivity contribution is 7.88. The summed E-state index contributed by atoms with van der Waals surface area (Å²) in [6, 6.07) is -0.594. The van der Waals surface area contributed by atoms with Gasteiger partial charge in [0.2, 0.25) is 10.0 Å². The Morgan fingerprint density at radius 3 is 2.76 bits per heavy atom. The average Bonchev–Trinajstić information content (AvgIpc) is 2.25. The standard InChI is InChI=1S/C10H20N2O4S/c1-8(10(13)14)11-6-9-4-3-5-12(7-9)17(2,15)16/h8-9,11H,3-7H2,1-2H3,(H,13,14). The zero-order valence-electron chi connectivity index (χ0n) is 10.2. The number of hydrogen-bond donors (Lipinski definition) is 2. The Kier molecular flexibility index (Phi) is 4.91. The summed E-state index contributed by atoms with van der Waals surface area (Å²) in [5.74, 6) is -0.693. The van der Waals surface area contributed by atoms with Gasteiger partial charge in [-0.15, -0.1) is 0 Å². The van der Waals surface area contributed by atoms with Crippen LogP contribution >= 0.6 is 0 Å². The van der Waals surface area contributed by atoms with E-state index < -0.39 is 22.0 Å². The van der Waals surface area contributed by atoms with Gasteiger partial charge in [-0.3, -0.25) is 4.79 Å². The summed E-state index contributed by atoms with van der Waals surface area (Å²) < 4.78 is 24.2. The first kappa shape index (κ1) is 14.4. The van der Waals surface area contributed by atoms with Crippen molar-refractivity contribution in [2.45, 2.75) is 25.8 Å². The smallest absolute Gasteiger partial charge is 0.320 e. The monoisotopic (exact) mass is 264 g/mol. The number of carbonyl (C=O) groups is 1. The molecule has 0 aromatic carbocycles. The van der Waals surface area contributed by atoms with E-state index in [-0.39, 0.29) is 5.92 Å². The van der Waals surface area contributed by atoms with Crippen molar-refractivity contribution in [3.63, 3.8) is 0 Å². The molecule has 6 nitrogen and oxygen atoms in total. The number of nitrogens with zero attached hydrogens (tertiary/aromatic N) is 1. The maximum Gasteiger partial charge on any atom is 0.320 e. The van der Waals surface area contributed by atoms with E-state index in [0.717, 1.165) is 12.8 Å². The lowest BCUT2D eigenvalue weighted by atomic mass is 9.99. The summed E-state index contributed by atoms with van der Waals surface area (Å²) in [5.41, 5.74) is 0. The fourth-order valence-electron chi connectivity index (χ4n) is 1.93. The summed E-state index contributed by atoms with van der Waals surface area (Å²) >= 11 is 0. The van der Waals surface area contributed by atoms with Crippen LogP contribution in [0.3, 0.4) is 0 Å². The first-order valence-electron chi connectivity index (χ1n) is 5.72. The number of carboxylic acids is 1. The molecule has 1 saturated heterocycles. The maximum atomic E-state index is 11.4. The molecule has 0 saturated carbocycles. The molecule has 0 radical (unpaired) electrons. The van der Waals surface area contributed by atoms with Crippen LogP contribution in [-0.4, -0.2) is 55.7 Å². The molecule has 1 aliphatic rings. The molecule has 2 N–H and O–H groups in total.